The van der Waals surface area contributed by atoms with Gasteiger partial charge >= 0.3 is 0 Å². The van der Waals surface area contributed by atoms with E-state index in [0.717, 1.165) is 30.8 Å². The molecule has 0 spiro atoms. The molecule has 0 aromatic heterocycles. The lowest BCUT2D eigenvalue weighted by Crippen LogP contribution is -2.13. The van der Waals surface area contributed by atoms with Crippen molar-refractivity contribution in [1.82, 2.24) is 5.32 Å². The van der Waals surface area contributed by atoms with Gasteiger partial charge in [0.05, 0.1) is 5.02 Å². The quantitative estimate of drug-likeness (QED) is 0.761. The van der Waals surface area contributed by atoms with Crippen LogP contribution in [0.15, 0.2) is 42.5 Å². The third kappa shape index (κ3) is 3.99. The van der Waals surface area contributed by atoms with E-state index in [1.165, 1.54) is 5.56 Å². The van der Waals surface area contributed by atoms with Crippen LogP contribution in [0.5, 0.6) is 11.5 Å². The van der Waals surface area contributed by atoms with Gasteiger partial charge in [0.15, 0.2) is 0 Å². The predicted octanol–water partition coefficient (Wildman–Crippen LogP) is 4.94. The van der Waals surface area contributed by atoms with Crippen molar-refractivity contribution in [2.45, 2.75) is 26.8 Å². The van der Waals surface area contributed by atoms with Crippen LogP contribution < -0.4 is 10.1 Å². The van der Waals surface area contributed by atoms with Gasteiger partial charge in [-0.25, -0.2) is 0 Å². The van der Waals surface area contributed by atoms with Gasteiger partial charge in [0.25, 0.3) is 0 Å². The largest absolute Gasteiger partial charge is 0.456 e. The van der Waals surface area contributed by atoms with E-state index in [9.17, 15) is 0 Å². The number of halogens is 1. The molecule has 0 heterocycles. The molecule has 0 saturated heterocycles. The first-order valence-electron chi connectivity index (χ1n) is 6.93. The van der Waals surface area contributed by atoms with Crippen molar-refractivity contribution in [3.05, 3.63) is 58.6 Å². The summed E-state index contributed by atoms with van der Waals surface area (Å²) < 4.78 is 5.87. The van der Waals surface area contributed by atoms with Crippen LogP contribution in [-0.4, -0.2) is 6.54 Å². The van der Waals surface area contributed by atoms with Crippen molar-refractivity contribution in [2.24, 2.45) is 0 Å². The zero-order valence-electron chi connectivity index (χ0n) is 11.9. The summed E-state index contributed by atoms with van der Waals surface area (Å²) in [6.45, 7) is 6.15. The van der Waals surface area contributed by atoms with Crippen LogP contribution >= 0.6 is 11.6 Å². The second-order valence-corrected chi connectivity index (χ2v) is 5.22. The monoisotopic (exact) mass is 289 g/mol. The molecule has 0 unspecified atom stereocenters. The van der Waals surface area contributed by atoms with Crippen molar-refractivity contribution < 1.29 is 4.74 Å². The molecule has 2 aromatic rings. The Morgan fingerprint density at radius 3 is 2.60 bits per heavy atom. The van der Waals surface area contributed by atoms with Crippen molar-refractivity contribution in [3.63, 3.8) is 0 Å². The maximum Gasteiger partial charge on any atom is 0.146 e. The fraction of sp³-hybridized carbons (Fsp3) is 0.294. The first kappa shape index (κ1) is 14.9. The molecule has 0 amide bonds. The number of aryl methyl sites for hydroxylation is 1. The Morgan fingerprint density at radius 2 is 1.90 bits per heavy atom. The van der Waals surface area contributed by atoms with E-state index in [1.54, 1.807) is 0 Å². The molecular weight excluding hydrogens is 270 g/mol. The summed E-state index contributed by atoms with van der Waals surface area (Å²) in [6, 6.07) is 13.7. The van der Waals surface area contributed by atoms with Gasteiger partial charge in [-0.05, 0) is 49.2 Å². The third-order valence-electron chi connectivity index (χ3n) is 3.05. The number of ether oxygens (including phenoxy) is 1. The Balaban J connectivity index is 2.08. The highest BCUT2D eigenvalue weighted by Gasteiger charge is 2.05. The van der Waals surface area contributed by atoms with E-state index in [0.29, 0.717) is 10.8 Å². The zero-order valence-corrected chi connectivity index (χ0v) is 12.7. The summed E-state index contributed by atoms with van der Waals surface area (Å²) in [6.07, 6.45) is 1.15. The van der Waals surface area contributed by atoms with Crippen molar-refractivity contribution in [1.29, 1.82) is 0 Å². The second-order valence-electron chi connectivity index (χ2n) is 4.81. The van der Waals surface area contributed by atoms with Crippen molar-refractivity contribution in [3.8, 4) is 11.5 Å². The molecular formula is C17H20ClNO. The second kappa shape index (κ2) is 7.32. The highest BCUT2D eigenvalue weighted by molar-refractivity contribution is 6.32. The van der Waals surface area contributed by atoms with Crippen LogP contribution in [0.4, 0.5) is 0 Å². The van der Waals surface area contributed by atoms with Crippen molar-refractivity contribution in [2.75, 3.05) is 6.54 Å². The van der Waals surface area contributed by atoms with Crippen LogP contribution in [0, 0.1) is 6.92 Å². The van der Waals surface area contributed by atoms with Crippen LogP contribution in [0.2, 0.25) is 5.02 Å². The van der Waals surface area contributed by atoms with Crippen LogP contribution in [0.3, 0.4) is 0 Å². The minimum Gasteiger partial charge on any atom is -0.456 e. The Bertz CT molecular complexity index is 569. The fourth-order valence-electron chi connectivity index (χ4n) is 1.99. The molecule has 0 atom stereocenters. The Labute approximate surface area is 125 Å². The molecule has 2 nitrogen and oxygen atoms in total. The lowest BCUT2D eigenvalue weighted by Gasteiger charge is -2.11. The number of rotatable bonds is 6. The lowest BCUT2D eigenvalue weighted by molar-refractivity contribution is 0.478. The van der Waals surface area contributed by atoms with Gasteiger partial charge in [0, 0.05) is 6.54 Å². The van der Waals surface area contributed by atoms with Crippen LogP contribution in [0.25, 0.3) is 0 Å². The SMILES string of the molecule is CCCNCc1ccc(Oc2ccccc2Cl)c(C)c1. The van der Waals surface area contributed by atoms with E-state index in [1.807, 2.05) is 30.3 Å². The number of para-hydroxylation sites is 1. The molecule has 2 aromatic carbocycles. The Hall–Kier alpha value is -1.51. The first-order chi connectivity index (χ1) is 9.70. The first-order valence-corrected chi connectivity index (χ1v) is 7.31. The fourth-order valence-corrected chi connectivity index (χ4v) is 2.17. The van der Waals surface area contributed by atoms with Gasteiger partial charge in [-0.1, -0.05) is 42.8 Å². The maximum absolute atomic E-state index is 6.11. The minimum atomic E-state index is 0.626. The molecule has 0 aliphatic carbocycles. The molecule has 106 valence electrons. The number of benzene rings is 2. The van der Waals surface area contributed by atoms with Crippen LogP contribution in [-0.2, 0) is 6.54 Å². The summed E-state index contributed by atoms with van der Waals surface area (Å²) in [5.41, 5.74) is 2.38. The van der Waals surface area contributed by atoms with Gasteiger partial charge < -0.3 is 10.1 Å². The van der Waals surface area contributed by atoms with Gasteiger partial charge in [-0.3, -0.25) is 0 Å². The predicted molar refractivity (Wildman–Crippen MR) is 84.7 cm³/mol. The smallest absolute Gasteiger partial charge is 0.146 e. The molecule has 0 aliphatic heterocycles. The Morgan fingerprint density at radius 1 is 1.10 bits per heavy atom. The maximum atomic E-state index is 6.11. The minimum absolute atomic E-state index is 0.626. The number of nitrogens with one attached hydrogen (secondary N) is 1. The molecule has 2 rings (SSSR count). The van der Waals surface area contributed by atoms with Gasteiger partial charge in [-0.2, -0.15) is 0 Å². The van der Waals surface area contributed by atoms with Crippen LogP contribution in [0.1, 0.15) is 24.5 Å². The van der Waals surface area contributed by atoms with E-state index in [4.69, 9.17) is 16.3 Å². The standard InChI is InChI=1S/C17H20ClNO/c1-3-10-19-12-14-8-9-16(13(2)11-14)20-17-7-5-4-6-15(17)18/h4-9,11,19H,3,10,12H2,1-2H3. The molecule has 0 aliphatic rings. The van der Waals surface area contributed by atoms with Gasteiger partial charge in [-0.15, -0.1) is 0 Å². The molecule has 0 radical (unpaired) electrons. The summed E-state index contributed by atoms with van der Waals surface area (Å²) >= 11 is 6.11. The van der Waals surface area contributed by atoms with E-state index in [-0.39, 0.29) is 0 Å². The highest BCUT2D eigenvalue weighted by atomic mass is 35.5. The van der Waals surface area contributed by atoms with Gasteiger partial charge in [0.2, 0.25) is 0 Å². The molecule has 0 bridgehead atoms. The molecule has 0 saturated carbocycles. The van der Waals surface area contributed by atoms with Crippen molar-refractivity contribution >= 4 is 11.6 Å². The summed E-state index contributed by atoms with van der Waals surface area (Å²) in [5.74, 6) is 1.53. The Kier molecular flexibility index (Phi) is 5.45. The van der Waals surface area contributed by atoms with Gasteiger partial charge in [0.1, 0.15) is 11.5 Å². The number of hydrogen-bond acceptors (Lipinski definition) is 2. The molecule has 1 N–H and O–H groups in total. The highest BCUT2D eigenvalue weighted by Crippen LogP contribution is 2.30. The summed E-state index contributed by atoms with van der Waals surface area (Å²) in [4.78, 5) is 0. The lowest BCUT2D eigenvalue weighted by atomic mass is 10.1. The number of hydrogen-bond donors (Lipinski definition) is 1. The van der Waals surface area contributed by atoms with E-state index >= 15 is 0 Å². The zero-order chi connectivity index (χ0) is 14.4. The summed E-state index contributed by atoms with van der Waals surface area (Å²) in [7, 11) is 0. The third-order valence-corrected chi connectivity index (χ3v) is 3.36. The molecule has 0 fully saturated rings. The molecule has 3 heteroatoms. The van der Waals surface area contributed by atoms with E-state index in [2.05, 4.69) is 31.3 Å². The summed E-state index contributed by atoms with van der Waals surface area (Å²) in [5, 5.41) is 4.02. The topological polar surface area (TPSA) is 21.3 Å². The normalized spacial score (nSPS) is 10.6. The average molecular weight is 290 g/mol. The average Bonchev–Trinajstić information content (AvgIpc) is 2.44. The van der Waals surface area contributed by atoms with E-state index < -0.39 is 0 Å². The molecule has 20 heavy (non-hydrogen) atoms.